The van der Waals surface area contributed by atoms with Crippen molar-refractivity contribution >= 4 is 11.9 Å². The molecule has 0 radical (unpaired) electrons. The van der Waals surface area contributed by atoms with Crippen molar-refractivity contribution in [2.24, 2.45) is 0 Å². The lowest BCUT2D eigenvalue weighted by molar-refractivity contribution is -0.148. The number of aryl methyl sites for hydroxylation is 1. The summed E-state index contributed by atoms with van der Waals surface area (Å²) in [5.74, 6) is 0.271. The summed E-state index contributed by atoms with van der Waals surface area (Å²) in [4.78, 5) is 29.0. The lowest BCUT2D eigenvalue weighted by atomic mass is 10.2. The van der Waals surface area contributed by atoms with Crippen molar-refractivity contribution in [1.29, 1.82) is 0 Å². The highest BCUT2D eigenvalue weighted by Crippen LogP contribution is 2.19. The second-order valence-corrected chi connectivity index (χ2v) is 5.47. The normalized spacial score (nSPS) is 18.8. The molecular formula is C14H21N3O3. The predicted octanol–water partition coefficient (Wildman–Crippen LogP) is 1.47. The maximum Gasteiger partial charge on any atom is 0.326 e. The minimum Gasteiger partial charge on any atom is -0.480 e. The number of rotatable bonds is 5. The lowest BCUT2D eigenvalue weighted by Crippen LogP contribution is -2.40. The number of carbonyl (C=O) groups is 2. The van der Waals surface area contributed by atoms with Gasteiger partial charge in [0.1, 0.15) is 11.9 Å². The highest BCUT2D eigenvalue weighted by Gasteiger charge is 2.33. The van der Waals surface area contributed by atoms with E-state index in [4.69, 9.17) is 5.11 Å². The molecule has 1 aromatic heterocycles. The molecule has 1 aromatic rings. The van der Waals surface area contributed by atoms with Crippen LogP contribution in [-0.4, -0.2) is 44.0 Å². The van der Waals surface area contributed by atoms with Gasteiger partial charge in [-0.1, -0.05) is 13.8 Å². The fraction of sp³-hybridized carbons (Fsp3) is 0.643. The number of carboxylic acids is 1. The van der Waals surface area contributed by atoms with E-state index in [2.05, 4.69) is 18.8 Å². The molecule has 1 saturated heterocycles. The number of nitrogens with zero attached hydrogens (tertiary/aromatic N) is 3. The average Bonchev–Trinajstić information content (AvgIpc) is 3.04. The largest absolute Gasteiger partial charge is 0.480 e. The second-order valence-electron chi connectivity index (χ2n) is 5.47. The van der Waals surface area contributed by atoms with E-state index in [9.17, 15) is 9.59 Å². The minimum atomic E-state index is -0.902. The maximum atomic E-state index is 12.2. The Labute approximate surface area is 118 Å². The van der Waals surface area contributed by atoms with E-state index in [1.165, 1.54) is 4.90 Å². The molecule has 0 aliphatic carbocycles. The average molecular weight is 279 g/mol. The van der Waals surface area contributed by atoms with E-state index in [-0.39, 0.29) is 5.91 Å². The number of carboxylic acid groups (broad SMARTS) is 1. The summed E-state index contributed by atoms with van der Waals surface area (Å²) in [7, 11) is 0. The van der Waals surface area contributed by atoms with E-state index in [1.54, 1.807) is 6.20 Å². The third-order valence-electron chi connectivity index (χ3n) is 3.69. The Hall–Kier alpha value is -1.85. The highest BCUT2D eigenvalue weighted by atomic mass is 16.4. The standard InChI is InChI=1S/C14H21N3O3/c1-10(2)13-15-6-9-16(13)8-5-12(18)17-7-3-4-11(17)14(19)20/h6,9-11H,3-5,7-8H2,1-2H3,(H,19,20)/t11-/m0/s1. The Morgan fingerprint density at radius 3 is 2.90 bits per heavy atom. The smallest absolute Gasteiger partial charge is 0.326 e. The van der Waals surface area contributed by atoms with Crippen LogP contribution in [0.25, 0.3) is 0 Å². The van der Waals surface area contributed by atoms with E-state index < -0.39 is 12.0 Å². The molecule has 0 saturated carbocycles. The van der Waals surface area contributed by atoms with Crippen LogP contribution in [0.5, 0.6) is 0 Å². The van der Waals surface area contributed by atoms with Crippen LogP contribution in [0.2, 0.25) is 0 Å². The summed E-state index contributed by atoms with van der Waals surface area (Å²) in [5.41, 5.74) is 0. The van der Waals surface area contributed by atoms with Gasteiger partial charge < -0.3 is 14.6 Å². The Kier molecular flexibility index (Phi) is 4.42. The topological polar surface area (TPSA) is 75.4 Å². The Morgan fingerprint density at radius 1 is 1.50 bits per heavy atom. The molecule has 1 aliphatic rings. The number of hydrogen-bond acceptors (Lipinski definition) is 3. The van der Waals surface area contributed by atoms with Gasteiger partial charge in [0.2, 0.25) is 5.91 Å². The number of amides is 1. The second kappa shape index (κ2) is 6.07. The summed E-state index contributed by atoms with van der Waals surface area (Å²) in [6.07, 6.45) is 5.24. The fourth-order valence-electron chi connectivity index (χ4n) is 2.69. The van der Waals surface area contributed by atoms with E-state index in [0.29, 0.717) is 31.8 Å². The van der Waals surface area contributed by atoms with E-state index in [1.807, 2.05) is 10.8 Å². The number of likely N-dealkylation sites (tertiary alicyclic amines) is 1. The van der Waals surface area contributed by atoms with Crippen LogP contribution in [0.4, 0.5) is 0 Å². The summed E-state index contributed by atoms with van der Waals surface area (Å²) in [6.45, 7) is 5.22. The van der Waals surface area contributed by atoms with Crippen molar-refractivity contribution in [2.75, 3.05) is 6.54 Å². The third kappa shape index (κ3) is 3.00. The lowest BCUT2D eigenvalue weighted by Gasteiger charge is -2.21. The molecule has 1 aliphatic heterocycles. The van der Waals surface area contributed by atoms with Gasteiger partial charge in [0, 0.05) is 37.8 Å². The maximum absolute atomic E-state index is 12.2. The molecule has 2 rings (SSSR count). The predicted molar refractivity (Wildman–Crippen MR) is 73.3 cm³/mol. The first-order chi connectivity index (χ1) is 9.50. The summed E-state index contributed by atoms with van der Waals surface area (Å²) < 4.78 is 1.97. The molecule has 1 amide bonds. The molecule has 1 atom stereocenters. The van der Waals surface area contributed by atoms with Crippen LogP contribution in [0.15, 0.2) is 12.4 Å². The number of hydrogen-bond donors (Lipinski definition) is 1. The number of carbonyl (C=O) groups excluding carboxylic acids is 1. The Balaban J connectivity index is 1.95. The molecule has 1 fully saturated rings. The van der Waals surface area contributed by atoms with Crippen LogP contribution < -0.4 is 0 Å². The van der Waals surface area contributed by atoms with Crippen molar-refractivity contribution in [2.45, 2.75) is 51.6 Å². The zero-order valence-electron chi connectivity index (χ0n) is 12.0. The van der Waals surface area contributed by atoms with Gasteiger partial charge in [-0.3, -0.25) is 4.79 Å². The van der Waals surface area contributed by atoms with E-state index in [0.717, 1.165) is 12.2 Å². The van der Waals surface area contributed by atoms with Crippen molar-refractivity contribution in [3.63, 3.8) is 0 Å². The van der Waals surface area contributed by atoms with Gasteiger partial charge >= 0.3 is 5.97 Å². The fourth-order valence-corrected chi connectivity index (χ4v) is 2.69. The Morgan fingerprint density at radius 2 is 2.25 bits per heavy atom. The van der Waals surface area contributed by atoms with Gasteiger partial charge in [-0.25, -0.2) is 9.78 Å². The summed E-state index contributed by atoms with van der Waals surface area (Å²) >= 11 is 0. The van der Waals surface area contributed by atoms with Gasteiger partial charge in [-0.2, -0.15) is 0 Å². The van der Waals surface area contributed by atoms with Crippen LogP contribution in [0, 0.1) is 0 Å². The minimum absolute atomic E-state index is 0.0849. The van der Waals surface area contributed by atoms with Crippen molar-refractivity contribution in [3.8, 4) is 0 Å². The molecule has 20 heavy (non-hydrogen) atoms. The SMILES string of the molecule is CC(C)c1nccn1CCC(=O)N1CCC[C@H]1C(=O)O. The molecule has 0 aromatic carbocycles. The molecule has 6 nitrogen and oxygen atoms in total. The summed E-state index contributed by atoms with van der Waals surface area (Å²) in [5, 5.41) is 9.09. The van der Waals surface area contributed by atoms with Gasteiger partial charge in [0.15, 0.2) is 0 Å². The van der Waals surface area contributed by atoms with Crippen LogP contribution >= 0.6 is 0 Å². The zero-order chi connectivity index (χ0) is 14.7. The van der Waals surface area contributed by atoms with Gasteiger partial charge in [0.25, 0.3) is 0 Å². The van der Waals surface area contributed by atoms with Crippen LogP contribution in [0.1, 0.15) is 44.9 Å². The molecule has 0 bridgehead atoms. The monoisotopic (exact) mass is 279 g/mol. The first kappa shape index (κ1) is 14.6. The van der Waals surface area contributed by atoms with E-state index >= 15 is 0 Å². The van der Waals surface area contributed by atoms with Gasteiger partial charge in [0.05, 0.1) is 0 Å². The molecular weight excluding hydrogens is 258 g/mol. The Bertz CT molecular complexity index is 496. The summed E-state index contributed by atoms with van der Waals surface area (Å²) in [6, 6.07) is -0.644. The molecule has 1 N–H and O–H groups in total. The third-order valence-corrected chi connectivity index (χ3v) is 3.69. The quantitative estimate of drug-likeness (QED) is 0.885. The first-order valence-corrected chi connectivity index (χ1v) is 7.04. The zero-order valence-corrected chi connectivity index (χ0v) is 12.0. The van der Waals surface area contributed by atoms with Crippen LogP contribution in [0.3, 0.4) is 0 Å². The highest BCUT2D eigenvalue weighted by molar-refractivity contribution is 5.84. The van der Waals surface area contributed by atoms with Gasteiger partial charge in [-0.05, 0) is 12.8 Å². The molecule has 0 spiro atoms. The van der Waals surface area contributed by atoms with Crippen molar-refractivity contribution < 1.29 is 14.7 Å². The number of aromatic nitrogens is 2. The van der Waals surface area contributed by atoms with Gasteiger partial charge in [-0.15, -0.1) is 0 Å². The molecule has 0 unspecified atom stereocenters. The first-order valence-electron chi connectivity index (χ1n) is 7.04. The number of imidazole rings is 1. The van der Waals surface area contributed by atoms with Crippen LogP contribution in [-0.2, 0) is 16.1 Å². The van der Waals surface area contributed by atoms with Crippen molar-refractivity contribution in [3.05, 3.63) is 18.2 Å². The molecule has 6 heteroatoms. The number of aliphatic carboxylic acids is 1. The van der Waals surface area contributed by atoms with Crippen molar-refractivity contribution in [1.82, 2.24) is 14.5 Å². The molecule has 2 heterocycles. The molecule has 110 valence electrons.